The summed E-state index contributed by atoms with van der Waals surface area (Å²) in [6, 6.07) is 2.04. The lowest BCUT2D eigenvalue weighted by molar-refractivity contribution is -0.141. The van der Waals surface area contributed by atoms with Crippen LogP contribution < -0.4 is 4.90 Å². The molecule has 6 heteroatoms. The van der Waals surface area contributed by atoms with Crippen molar-refractivity contribution < 1.29 is 9.53 Å². The second-order valence-electron chi connectivity index (χ2n) is 6.35. The average Bonchev–Trinajstić information content (AvgIpc) is 3.08. The van der Waals surface area contributed by atoms with E-state index in [1.165, 1.54) is 0 Å². The lowest BCUT2D eigenvalue weighted by Gasteiger charge is -2.36. The van der Waals surface area contributed by atoms with E-state index in [9.17, 15) is 4.79 Å². The Morgan fingerprint density at radius 2 is 2.09 bits per heavy atom. The summed E-state index contributed by atoms with van der Waals surface area (Å²) in [6.07, 6.45) is 3.61. The minimum atomic E-state index is -0.209. The summed E-state index contributed by atoms with van der Waals surface area (Å²) in [5.74, 6) is 2.07. The Bertz CT molecular complexity index is 550. The predicted molar refractivity (Wildman–Crippen MR) is 88.5 cm³/mol. The first-order valence-corrected chi connectivity index (χ1v) is 8.67. The molecule has 0 spiro atoms. The van der Waals surface area contributed by atoms with E-state index in [1.807, 2.05) is 17.9 Å². The summed E-state index contributed by atoms with van der Waals surface area (Å²) in [5, 5.41) is 0. The van der Waals surface area contributed by atoms with Gasteiger partial charge in [-0.1, -0.05) is 6.92 Å². The molecule has 6 nitrogen and oxygen atoms in total. The summed E-state index contributed by atoms with van der Waals surface area (Å²) in [4.78, 5) is 25.8. The maximum Gasteiger partial charge on any atom is 0.251 e. The molecule has 0 N–H and O–H groups in total. The van der Waals surface area contributed by atoms with E-state index in [0.29, 0.717) is 0 Å². The molecule has 0 saturated carbocycles. The van der Waals surface area contributed by atoms with E-state index in [4.69, 9.17) is 4.74 Å². The van der Waals surface area contributed by atoms with Gasteiger partial charge in [0.05, 0.1) is 0 Å². The van der Waals surface area contributed by atoms with Gasteiger partial charge in [0.1, 0.15) is 17.7 Å². The summed E-state index contributed by atoms with van der Waals surface area (Å²) >= 11 is 0. The number of anilines is 1. The smallest absolute Gasteiger partial charge is 0.251 e. The van der Waals surface area contributed by atoms with Gasteiger partial charge < -0.3 is 14.5 Å². The van der Waals surface area contributed by atoms with Crippen LogP contribution in [0, 0.1) is 6.92 Å². The van der Waals surface area contributed by atoms with Crippen LogP contribution >= 0.6 is 0 Å². The third kappa shape index (κ3) is 3.80. The maximum absolute atomic E-state index is 12.4. The molecule has 0 radical (unpaired) electrons. The third-order valence-electron chi connectivity index (χ3n) is 4.48. The molecule has 2 fully saturated rings. The van der Waals surface area contributed by atoms with E-state index < -0.39 is 0 Å². The van der Waals surface area contributed by atoms with Crippen LogP contribution in [0.4, 0.5) is 5.82 Å². The Kier molecular flexibility index (Phi) is 5.10. The Balaban J connectivity index is 1.61. The number of aryl methyl sites for hydroxylation is 2. The summed E-state index contributed by atoms with van der Waals surface area (Å²) in [5.41, 5.74) is 1.01. The van der Waals surface area contributed by atoms with Crippen molar-refractivity contribution in [2.45, 2.75) is 45.6 Å². The SMILES string of the molecule is CCCc1nc(C)cc(N2CCN(C(=O)C3CCCO3)CC2)n1. The van der Waals surface area contributed by atoms with Crippen molar-refractivity contribution in [3.63, 3.8) is 0 Å². The van der Waals surface area contributed by atoms with Gasteiger partial charge in [-0.3, -0.25) is 4.79 Å². The van der Waals surface area contributed by atoms with Crippen LogP contribution in [-0.4, -0.2) is 59.7 Å². The molecule has 3 rings (SSSR count). The molecule has 0 bridgehead atoms. The van der Waals surface area contributed by atoms with Crippen LogP contribution in [-0.2, 0) is 16.0 Å². The molecule has 2 saturated heterocycles. The Morgan fingerprint density at radius 1 is 1.30 bits per heavy atom. The van der Waals surface area contributed by atoms with E-state index in [1.54, 1.807) is 0 Å². The van der Waals surface area contributed by atoms with Crippen molar-refractivity contribution in [3.05, 3.63) is 17.6 Å². The Labute approximate surface area is 137 Å². The topological polar surface area (TPSA) is 58.6 Å². The summed E-state index contributed by atoms with van der Waals surface area (Å²) < 4.78 is 5.51. The number of amides is 1. The number of piperazine rings is 1. The van der Waals surface area contributed by atoms with Crippen molar-refractivity contribution in [1.29, 1.82) is 0 Å². The molecule has 1 amide bonds. The molecule has 0 aromatic carbocycles. The highest BCUT2D eigenvalue weighted by atomic mass is 16.5. The van der Waals surface area contributed by atoms with E-state index in [2.05, 4.69) is 21.8 Å². The number of rotatable bonds is 4. The standard InChI is InChI=1S/C17H26N4O2/c1-3-5-15-18-13(2)12-16(19-15)20-7-9-21(10-8-20)17(22)14-6-4-11-23-14/h12,14H,3-11H2,1-2H3. The third-order valence-corrected chi connectivity index (χ3v) is 4.48. The largest absolute Gasteiger partial charge is 0.368 e. The molecule has 2 aliphatic heterocycles. The number of hydrogen-bond acceptors (Lipinski definition) is 5. The molecule has 0 aliphatic carbocycles. The maximum atomic E-state index is 12.4. The van der Waals surface area contributed by atoms with Gasteiger partial charge >= 0.3 is 0 Å². The normalized spacial score (nSPS) is 21.7. The molecule has 23 heavy (non-hydrogen) atoms. The van der Waals surface area contributed by atoms with Gasteiger partial charge in [-0.25, -0.2) is 9.97 Å². The number of carbonyl (C=O) groups is 1. The van der Waals surface area contributed by atoms with Gasteiger partial charge in [0.15, 0.2) is 0 Å². The van der Waals surface area contributed by atoms with Crippen LogP contribution in [0.15, 0.2) is 6.07 Å². The van der Waals surface area contributed by atoms with Gasteiger partial charge in [-0.15, -0.1) is 0 Å². The zero-order valence-electron chi connectivity index (χ0n) is 14.1. The number of ether oxygens (including phenoxy) is 1. The van der Waals surface area contributed by atoms with Crippen molar-refractivity contribution in [3.8, 4) is 0 Å². The lowest BCUT2D eigenvalue weighted by atomic mass is 10.2. The fraction of sp³-hybridized carbons (Fsp3) is 0.706. The fourth-order valence-corrected chi connectivity index (χ4v) is 3.24. The first kappa shape index (κ1) is 16.2. The Hall–Kier alpha value is -1.69. The van der Waals surface area contributed by atoms with Gasteiger partial charge in [-0.05, 0) is 26.2 Å². The van der Waals surface area contributed by atoms with E-state index in [-0.39, 0.29) is 12.0 Å². The van der Waals surface area contributed by atoms with Crippen molar-refractivity contribution in [2.24, 2.45) is 0 Å². The molecule has 1 unspecified atom stereocenters. The number of hydrogen-bond donors (Lipinski definition) is 0. The van der Waals surface area contributed by atoms with Gasteiger partial charge in [0.2, 0.25) is 0 Å². The first-order chi connectivity index (χ1) is 11.2. The second-order valence-corrected chi connectivity index (χ2v) is 6.35. The van der Waals surface area contributed by atoms with Gasteiger partial charge in [-0.2, -0.15) is 0 Å². The highest BCUT2D eigenvalue weighted by Crippen LogP contribution is 2.19. The van der Waals surface area contributed by atoms with Crippen molar-refractivity contribution >= 4 is 11.7 Å². The summed E-state index contributed by atoms with van der Waals surface area (Å²) in [6.45, 7) is 8.00. The monoisotopic (exact) mass is 318 g/mol. The predicted octanol–water partition coefficient (Wildman–Crippen LogP) is 1.57. The highest BCUT2D eigenvalue weighted by Gasteiger charge is 2.30. The number of carbonyl (C=O) groups excluding carboxylic acids is 1. The molecule has 1 aromatic heterocycles. The molecule has 3 heterocycles. The number of aromatic nitrogens is 2. The zero-order valence-corrected chi connectivity index (χ0v) is 14.1. The van der Waals surface area contributed by atoms with Crippen LogP contribution in [0.1, 0.15) is 37.7 Å². The van der Waals surface area contributed by atoms with Crippen LogP contribution in [0.5, 0.6) is 0 Å². The van der Waals surface area contributed by atoms with Crippen LogP contribution in [0.25, 0.3) is 0 Å². The van der Waals surface area contributed by atoms with Crippen molar-refractivity contribution in [1.82, 2.24) is 14.9 Å². The van der Waals surface area contributed by atoms with Crippen molar-refractivity contribution in [2.75, 3.05) is 37.7 Å². The van der Waals surface area contributed by atoms with E-state index >= 15 is 0 Å². The average molecular weight is 318 g/mol. The van der Waals surface area contributed by atoms with Crippen LogP contribution in [0.3, 0.4) is 0 Å². The summed E-state index contributed by atoms with van der Waals surface area (Å²) in [7, 11) is 0. The van der Waals surface area contributed by atoms with Gasteiger partial charge in [0.25, 0.3) is 5.91 Å². The quantitative estimate of drug-likeness (QED) is 0.843. The molecule has 126 valence electrons. The highest BCUT2D eigenvalue weighted by molar-refractivity contribution is 5.81. The van der Waals surface area contributed by atoms with E-state index in [0.717, 1.165) is 75.8 Å². The van der Waals surface area contributed by atoms with Gasteiger partial charge in [0, 0.05) is 51.0 Å². The first-order valence-electron chi connectivity index (χ1n) is 8.67. The zero-order chi connectivity index (χ0) is 16.2. The minimum absolute atomic E-state index is 0.160. The molecule has 1 atom stereocenters. The molecular weight excluding hydrogens is 292 g/mol. The molecule has 1 aromatic rings. The lowest BCUT2D eigenvalue weighted by Crippen LogP contribution is -2.51. The second kappa shape index (κ2) is 7.25. The minimum Gasteiger partial charge on any atom is -0.368 e. The fourth-order valence-electron chi connectivity index (χ4n) is 3.24. The molecule has 2 aliphatic rings. The van der Waals surface area contributed by atoms with Crippen LogP contribution in [0.2, 0.25) is 0 Å². The Morgan fingerprint density at radius 3 is 2.74 bits per heavy atom. The number of nitrogens with zero attached hydrogens (tertiary/aromatic N) is 4. The molecular formula is C17H26N4O2.